The number of carbonyl (C=O) groups is 2. The molecule has 1 saturated heterocycles. The summed E-state index contributed by atoms with van der Waals surface area (Å²) in [7, 11) is 1.63. The highest BCUT2D eigenvalue weighted by molar-refractivity contribution is 6.35. The summed E-state index contributed by atoms with van der Waals surface area (Å²) in [6.45, 7) is 2.11. The number of amides is 2. The van der Waals surface area contributed by atoms with E-state index in [0.29, 0.717) is 60.6 Å². The van der Waals surface area contributed by atoms with Gasteiger partial charge in [-0.2, -0.15) is 0 Å². The molecule has 44 heavy (non-hydrogen) atoms. The number of aliphatic imine (C=N–C) groups is 1. The Labute approximate surface area is 269 Å². The number of rotatable bonds is 12. The van der Waals surface area contributed by atoms with Crippen LogP contribution in [0.25, 0.3) is 6.08 Å². The number of halogens is 2. The Morgan fingerprint density at radius 2 is 1.75 bits per heavy atom. The molecule has 0 spiro atoms. The van der Waals surface area contributed by atoms with Gasteiger partial charge in [0, 0.05) is 61.3 Å². The van der Waals surface area contributed by atoms with Gasteiger partial charge in [0.05, 0.1) is 6.04 Å². The molecule has 5 N–H and O–H groups in total. The second-order valence-electron chi connectivity index (χ2n) is 10.8. The molecule has 0 saturated carbocycles. The zero-order valence-electron chi connectivity index (χ0n) is 24.9. The topological polar surface area (TPSA) is 112 Å². The maximum atomic E-state index is 14.0. The lowest BCUT2D eigenvalue weighted by molar-refractivity contribution is -0.133. The number of carbonyl (C=O) groups excluding carboxylic acids is 2. The van der Waals surface area contributed by atoms with Gasteiger partial charge in [-0.25, -0.2) is 0 Å². The van der Waals surface area contributed by atoms with Crippen LogP contribution in [0.1, 0.15) is 41.9 Å². The highest BCUT2D eigenvalue weighted by atomic mass is 35.5. The highest BCUT2D eigenvalue weighted by Gasteiger charge is 2.32. The van der Waals surface area contributed by atoms with Crippen LogP contribution in [0.2, 0.25) is 10.0 Å². The normalized spacial score (nSPS) is 17.6. The monoisotopic (exact) mass is 634 g/mol. The SMILES string of the molecule is CN=C(N)NCCCC1NC(CNC(=O)/C=C/c2ccc(Cl)cc2Cl)CCN(CC(c2ccccc2)c2ccccc2)C1=O. The predicted octanol–water partition coefficient (Wildman–Crippen LogP) is 4.83. The van der Waals surface area contributed by atoms with Crippen molar-refractivity contribution in [2.75, 3.05) is 33.2 Å². The van der Waals surface area contributed by atoms with Crippen LogP contribution in [0.4, 0.5) is 0 Å². The molecule has 1 heterocycles. The van der Waals surface area contributed by atoms with Crippen molar-refractivity contribution in [3.8, 4) is 0 Å². The van der Waals surface area contributed by atoms with Crippen molar-refractivity contribution in [3.63, 3.8) is 0 Å². The molecule has 2 unspecified atom stereocenters. The Morgan fingerprint density at radius 3 is 2.39 bits per heavy atom. The molecule has 8 nitrogen and oxygen atoms in total. The van der Waals surface area contributed by atoms with Crippen molar-refractivity contribution in [1.29, 1.82) is 0 Å². The summed E-state index contributed by atoms with van der Waals surface area (Å²) >= 11 is 12.2. The minimum atomic E-state index is -0.406. The summed E-state index contributed by atoms with van der Waals surface area (Å²) in [4.78, 5) is 32.6. The average Bonchev–Trinajstić information content (AvgIpc) is 3.19. The van der Waals surface area contributed by atoms with Gasteiger partial charge in [-0.1, -0.05) is 89.9 Å². The van der Waals surface area contributed by atoms with Gasteiger partial charge in [0.15, 0.2) is 5.96 Å². The van der Waals surface area contributed by atoms with Crippen molar-refractivity contribution in [3.05, 3.63) is 112 Å². The van der Waals surface area contributed by atoms with Crippen LogP contribution in [0, 0.1) is 0 Å². The summed E-state index contributed by atoms with van der Waals surface area (Å²) in [5.41, 5.74) is 8.81. The van der Waals surface area contributed by atoms with Crippen molar-refractivity contribution in [2.45, 2.75) is 37.3 Å². The number of nitrogens with two attached hydrogens (primary N) is 1. The Bertz CT molecular complexity index is 1390. The Balaban J connectivity index is 1.46. The molecule has 0 aromatic heterocycles. The third kappa shape index (κ3) is 9.84. The van der Waals surface area contributed by atoms with Gasteiger partial charge in [0.1, 0.15) is 0 Å². The molecule has 4 rings (SSSR count). The minimum Gasteiger partial charge on any atom is -0.370 e. The first-order chi connectivity index (χ1) is 21.3. The van der Waals surface area contributed by atoms with E-state index in [9.17, 15) is 9.59 Å². The lowest BCUT2D eigenvalue weighted by atomic mass is 9.90. The van der Waals surface area contributed by atoms with E-state index in [1.807, 2.05) is 41.3 Å². The van der Waals surface area contributed by atoms with Gasteiger partial charge >= 0.3 is 0 Å². The third-order valence-electron chi connectivity index (χ3n) is 7.72. The number of guanidine groups is 1. The number of hydrogen-bond acceptors (Lipinski definition) is 4. The van der Waals surface area contributed by atoms with E-state index in [1.165, 1.54) is 6.08 Å². The molecule has 10 heteroatoms. The van der Waals surface area contributed by atoms with Crippen LogP contribution in [0.15, 0.2) is 89.9 Å². The third-order valence-corrected chi connectivity index (χ3v) is 8.28. The van der Waals surface area contributed by atoms with Crippen LogP contribution in [-0.2, 0) is 9.59 Å². The van der Waals surface area contributed by atoms with Gasteiger partial charge < -0.3 is 26.6 Å². The first-order valence-corrected chi connectivity index (χ1v) is 15.6. The van der Waals surface area contributed by atoms with Crippen LogP contribution in [0.3, 0.4) is 0 Å². The fourth-order valence-corrected chi connectivity index (χ4v) is 5.78. The van der Waals surface area contributed by atoms with Gasteiger partial charge in [-0.05, 0) is 54.2 Å². The second kappa shape index (κ2) is 16.9. The number of benzene rings is 3. The smallest absolute Gasteiger partial charge is 0.244 e. The van der Waals surface area contributed by atoms with E-state index < -0.39 is 6.04 Å². The van der Waals surface area contributed by atoms with E-state index >= 15 is 0 Å². The van der Waals surface area contributed by atoms with E-state index in [4.69, 9.17) is 28.9 Å². The quantitative estimate of drug-likeness (QED) is 0.0987. The van der Waals surface area contributed by atoms with Crippen molar-refractivity contribution >= 4 is 47.1 Å². The fraction of sp³-hybridized carbons (Fsp3) is 0.324. The zero-order chi connectivity index (χ0) is 31.3. The summed E-state index contributed by atoms with van der Waals surface area (Å²) < 4.78 is 0. The zero-order valence-corrected chi connectivity index (χ0v) is 26.4. The Morgan fingerprint density at radius 1 is 1.07 bits per heavy atom. The number of nitrogens with one attached hydrogen (secondary N) is 3. The fourth-order valence-electron chi connectivity index (χ4n) is 5.31. The van der Waals surface area contributed by atoms with Crippen molar-refractivity contribution < 1.29 is 9.59 Å². The highest BCUT2D eigenvalue weighted by Crippen LogP contribution is 2.27. The van der Waals surface area contributed by atoms with Crippen LogP contribution < -0.4 is 21.7 Å². The molecule has 3 aromatic rings. The molecule has 0 bridgehead atoms. The largest absolute Gasteiger partial charge is 0.370 e. The predicted molar refractivity (Wildman–Crippen MR) is 180 cm³/mol. The van der Waals surface area contributed by atoms with Crippen LogP contribution in [-0.4, -0.2) is 68.0 Å². The average molecular weight is 636 g/mol. The molecule has 0 aliphatic carbocycles. The number of nitrogens with zero attached hydrogens (tertiary/aromatic N) is 2. The standard InChI is InChI=1S/C34H40Cl2N6O2/c1-38-34(37)39-19-8-13-31-33(44)42(23-29(24-9-4-2-5-10-24)25-11-6-3-7-12-25)20-18-28(41-31)22-40-32(43)17-15-26-14-16-27(35)21-30(26)36/h2-7,9-12,14-17,21,28-29,31,41H,8,13,18-20,22-23H2,1H3,(H,40,43)(H3,37,38,39)/b17-15+. The van der Waals surface area contributed by atoms with Crippen molar-refractivity contribution in [1.82, 2.24) is 20.9 Å². The summed E-state index contributed by atoms with van der Waals surface area (Å²) in [5, 5.41) is 10.6. The molecule has 232 valence electrons. The summed E-state index contributed by atoms with van der Waals surface area (Å²) in [6.07, 6.45) is 5.14. The molecular formula is C34H40Cl2N6O2. The van der Waals surface area contributed by atoms with E-state index in [1.54, 1.807) is 31.3 Å². The van der Waals surface area contributed by atoms with Crippen LogP contribution >= 0.6 is 23.2 Å². The van der Waals surface area contributed by atoms with Gasteiger partial charge in [-0.15, -0.1) is 0 Å². The molecule has 0 radical (unpaired) electrons. The first-order valence-electron chi connectivity index (χ1n) is 14.9. The van der Waals surface area contributed by atoms with Crippen LogP contribution in [0.5, 0.6) is 0 Å². The van der Waals surface area contributed by atoms with Gasteiger partial charge in [0.2, 0.25) is 11.8 Å². The molecule has 3 aromatic carbocycles. The Kier molecular flexibility index (Phi) is 12.7. The first kappa shape index (κ1) is 33.1. The second-order valence-corrected chi connectivity index (χ2v) is 11.6. The maximum absolute atomic E-state index is 14.0. The molecule has 1 fully saturated rings. The Hall–Kier alpha value is -3.85. The van der Waals surface area contributed by atoms with Gasteiger partial charge in [0.25, 0.3) is 0 Å². The van der Waals surface area contributed by atoms with E-state index in [-0.39, 0.29) is 23.8 Å². The van der Waals surface area contributed by atoms with E-state index in [2.05, 4.69) is 45.2 Å². The lowest BCUT2D eigenvalue weighted by Gasteiger charge is -2.29. The molecule has 2 atom stereocenters. The lowest BCUT2D eigenvalue weighted by Crippen LogP contribution is -2.49. The maximum Gasteiger partial charge on any atom is 0.244 e. The van der Waals surface area contributed by atoms with Crippen molar-refractivity contribution in [2.24, 2.45) is 10.7 Å². The summed E-state index contributed by atoms with van der Waals surface area (Å²) in [6, 6.07) is 25.2. The van der Waals surface area contributed by atoms with Gasteiger partial charge in [-0.3, -0.25) is 14.6 Å². The molecule has 1 aliphatic rings. The summed E-state index contributed by atoms with van der Waals surface area (Å²) in [5.74, 6) is 0.220. The molecular weight excluding hydrogens is 595 g/mol. The number of hydrogen-bond donors (Lipinski definition) is 4. The molecule has 1 aliphatic heterocycles. The minimum absolute atomic E-state index is 0.0327. The van der Waals surface area contributed by atoms with E-state index in [0.717, 1.165) is 17.5 Å². The molecule has 2 amide bonds.